The molecule has 0 radical (unpaired) electrons. The van der Waals surface area contributed by atoms with E-state index in [1.165, 1.54) is 11.1 Å². The number of nitrogens with zero attached hydrogens (tertiary/aromatic N) is 1. The molecule has 0 heterocycles. The highest BCUT2D eigenvalue weighted by molar-refractivity contribution is 14.0. The lowest BCUT2D eigenvalue weighted by Gasteiger charge is -2.30. The van der Waals surface area contributed by atoms with E-state index in [-0.39, 0.29) is 29.7 Å². The summed E-state index contributed by atoms with van der Waals surface area (Å²) in [6.07, 6.45) is 1.06. The zero-order chi connectivity index (χ0) is 18.5. The number of hydrogen-bond donors (Lipinski definition) is 2. The minimum Gasteiger partial charge on any atom is -0.434 e. The zero-order valence-electron chi connectivity index (χ0n) is 15.3. The predicted molar refractivity (Wildman–Crippen MR) is 114 cm³/mol. The number of benzene rings is 2. The number of guanidine groups is 1. The molecule has 146 valence electrons. The number of rotatable bonds is 6. The van der Waals surface area contributed by atoms with Crippen LogP contribution in [0.2, 0.25) is 0 Å². The van der Waals surface area contributed by atoms with Gasteiger partial charge in [0.2, 0.25) is 0 Å². The number of ether oxygens (including phenoxy) is 1. The highest BCUT2D eigenvalue weighted by Crippen LogP contribution is 2.33. The zero-order valence-corrected chi connectivity index (χ0v) is 17.7. The Kier molecular flexibility index (Phi) is 7.82. The van der Waals surface area contributed by atoms with Crippen LogP contribution in [0.25, 0.3) is 0 Å². The van der Waals surface area contributed by atoms with Gasteiger partial charge in [-0.2, -0.15) is 8.78 Å². The number of halogens is 3. The highest BCUT2D eigenvalue weighted by atomic mass is 127. The molecule has 0 spiro atoms. The summed E-state index contributed by atoms with van der Waals surface area (Å²) in [6.45, 7) is 0.208. The average Bonchev–Trinajstić information content (AvgIpc) is 2.60. The summed E-state index contributed by atoms with van der Waals surface area (Å²) in [5.41, 5.74) is 4.43. The van der Waals surface area contributed by atoms with Crippen molar-refractivity contribution in [1.29, 1.82) is 0 Å². The van der Waals surface area contributed by atoms with E-state index in [1.807, 2.05) is 13.0 Å². The van der Waals surface area contributed by atoms with E-state index in [0.29, 0.717) is 24.0 Å². The van der Waals surface area contributed by atoms with Crippen molar-refractivity contribution in [3.05, 3.63) is 64.7 Å². The molecule has 2 N–H and O–H groups in total. The van der Waals surface area contributed by atoms with Crippen molar-refractivity contribution in [2.75, 3.05) is 13.6 Å². The summed E-state index contributed by atoms with van der Waals surface area (Å²) in [5, 5.41) is 6.48. The molecule has 2 aromatic carbocycles. The third kappa shape index (κ3) is 5.54. The summed E-state index contributed by atoms with van der Waals surface area (Å²) in [7, 11) is 1.69. The molecule has 0 aliphatic heterocycles. The Balaban J connectivity index is 0.00000261. The first-order chi connectivity index (χ1) is 12.6. The van der Waals surface area contributed by atoms with Crippen LogP contribution in [0.15, 0.2) is 47.5 Å². The van der Waals surface area contributed by atoms with Gasteiger partial charge in [-0.1, -0.05) is 42.0 Å². The van der Waals surface area contributed by atoms with Crippen molar-refractivity contribution >= 4 is 29.9 Å². The fourth-order valence-electron chi connectivity index (χ4n) is 3.22. The van der Waals surface area contributed by atoms with E-state index in [4.69, 9.17) is 0 Å². The number of fused-ring (bicyclic) bond motifs is 1. The highest BCUT2D eigenvalue weighted by Gasteiger charge is 2.25. The van der Waals surface area contributed by atoms with E-state index >= 15 is 0 Å². The van der Waals surface area contributed by atoms with Gasteiger partial charge in [-0.15, -0.1) is 24.0 Å². The fourth-order valence-corrected chi connectivity index (χ4v) is 3.22. The Hall–Kier alpha value is -1.90. The van der Waals surface area contributed by atoms with Gasteiger partial charge in [0.25, 0.3) is 0 Å². The Bertz CT molecular complexity index is 799. The maximum Gasteiger partial charge on any atom is 0.387 e. The van der Waals surface area contributed by atoms with Gasteiger partial charge < -0.3 is 15.4 Å². The third-order valence-corrected chi connectivity index (χ3v) is 4.58. The van der Waals surface area contributed by atoms with Crippen molar-refractivity contribution in [2.24, 2.45) is 4.99 Å². The van der Waals surface area contributed by atoms with Crippen LogP contribution in [0.5, 0.6) is 5.75 Å². The molecule has 0 saturated heterocycles. The standard InChI is InChI=1S/C20H23F2N3O.HI/c1-13-7-8-18(26-19(21)22)16(9-13)12-25-20(23-2)24-11-15-10-14-5-3-4-6-17(14)15;/h3-9,15,19H,10-12H2,1-2H3,(H2,23,24,25);1H. The SMILES string of the molecule is CN=C(NCc1cc(C)ccc1OC(F)F)NCC1Cc2ccccc21.I. The lowest BCUT2D eigenvalue weighted by Crippen LogP contribution is -2.40. The second kappa shape index (κ2) is 9.87. The van der Waals surface area contributed by atoms with Crippen LogP contribution < -0.4 is 15.4 Å². The Labute approximate surface area is 175 Å². The Morgan fingerprint density at radius 2 is 2.00 bits per heavy atom. The maximum atomic E-state index is 12.6. The van der Waals surface area contributed by atoms with Crippen molar-refractivity contribution in [1.82, 2.24) is 10.6 Å². The van der Waals surface area contributed by atoms with Crippen LogP contribution in [0.4, 0.5) is 8.78 Å². The van der Waals surface area contributed by atoms with Gasteiger partial charge >= 0.3 is 6.61 Å². The number of nitrogens with one attached hydrogen (secondary N) is 2. The molecule has 7 heteroatoms. The smallest absolute Gasteiger partial charge is 0.387 e. The largest absolute Gasteiger partial charge is 0.434 e. The van der Waals surface area contributed by atoms with Crippen LogP contribution in [-0.4, -0.2) is 26.2 Å². The number of alkyl halides is 2. The molecule has 0 fully saturated rings. The molecule has 1 aliphatic rings. The van der Waals surface area contributed by atoms with Gasteiger partial charge in [0.15, 0.2) is 5.96 Å². The van der Waals surface area contributed by atoms with Crippen LogP contribution in [0.3, 0.4) is 0 Å². The van der Waals surface area contributed by atoms with E-state index in [1.54, 1.807) is 19.2 Å². The van der Waals surface area contributed by atoms with Crippen LogP contribution in [0, 0.1) is 6.92 Å². The average molecular weight is 487 g/mol. The van der Waals surface area contributed by atoms with Crippen molar-refractivity contribution in [3.63, 3.8) is 0 Å². The molecule has 4 nitrogen and oxygen atoms in total. The molecular formula is C20H24F2IN3O. The molecule has 0 saturated carbocycles. The molecule has 1 aliphatic carbocycles. The first-order valence-electron chi connectivity index (χ1n) is 8.63. The van der Waals surface area contributed by atoms with Crippen molar-refractivity contribution < 1.29 is 13.5 Å². The molecule has 3 rings (SSSR count). The summed E-state index contributed by atoms with van der Waals surface area (Å²) in [6, 6.07) is 13.6. The van der Waals surface area contributed by atoms with Gasteiger partial charge in [-0.25, -0.2) is 0 Å². The van der Waals surface area contributed by atoms with E-state index < -0.39 is 6.61 Å². The topological polar surface area (TPSA) is 45.7 Å². The van der Waals surface area contributed by atoms with E-state index in [9.17, 15) is 8.78 Å². The van der Waals surface area contributed by atoms with Crippen LogP contribution in [-0.2, 0) is 13.0 Å². The first kappa shape index (κ1) is 21.4. The second-order valence-electron chi connectivity index (χ2n) is 6.40. The van der Waals surface area contributed by atoms with E-state index in [2.05, 4.69) is 44.6 Å². The molecule has 1 atom stereocenters. The predicted octanol–water partition coefficient (Wildman–Crippen LogP) is 4.22. The first-order valence-corrected chi connectivity index (χ1v) is 8.63. The molecule has 1 unspecified atom stereocenters. The maximum absolute atomic E-state index is 12.6. The molecular weight excluding hydrogens is 463 g/mol. The molecule has 0 amide bonds. The Morgan fingerprint density at radius 1 is 1.22 bits per heavy atom. The Morgan fingerprint density at radius 3 is 2.70 bits per heavy atom. The normalized spacial score (nSPS) is 15.4. The molecule has 0 bridgehead atoms. The van der Waals surface area contributed by atoms with Gasteiger partial charge in [-0.05, 0) is 30.5 Å². The lowest BCUT2D eigenvalue weighted by molar-refractivity contribution is -0.0504. The van der Waals surface area contributed by atoms with Crippen molar-refractivity contribution in [2.45, 2.75) is 32.4 Å². The summed E-state index contributed by atoms with van der Waals surface area (Å²) in [5.74, 6) is 1.29. The summed E-state index contributed by atoms with van der Waals surface area (Å²) < 4.78 is 29.7. The van der Waals surface area contributed by atoms with Gasteiger partial charge in [0.1, 0.15) is 5.75 Å². The molecule has 0 aromatic heterocycles. The van der Waals surface area contributed by atoms with Gasteiger partial charge in [-0.3, -0.25) is 4.99 Å². The number of aryl methyl sites for hydroxylation is 1. The quantitative estimate of drug-likeness (QED) is 0.365. The summed E-state index contributed by atoms with van der Waals surface area (Å²) >= 11 is 0. The summed E-state index contributed by atoms with van der Waals surface area (Å²) in [4.78, 5) is 4.21. The fraction of sp³-hybridized carbons (Fsp3) is 0.350. The number of hydrogen-bond acceptors (Lipinski definition) is 2. The van der Waals surface area contributed by atoms with E-state index in [0.717, 1.165) is 18.5 Å². The minimum absolute atomic E-state index is 0. The monoisotopic (exact) mass is 487 g/mol. The molecule has 2 aromatic rings. The minimum atomic E-state index is -2.84. The molecule has 27 heavy (non-hydrogen) atoms. The van der Waals surface area contributed by atoms with Crippen LogP contribution >= 0.6 is 24.0 Å². The van der Waals surface area contributed by atoms with Crippen molar-refractivity contribution in [3.8, 4) is 5.75 Å². The number of aliphatic imine (C=N–C) groups is 1. The lowest BCUT2D eigenvalue weighted by atomic mass is 9.78. The van der Waals surface area contributed by atoms with Crippen LogP contribution in [0.1, 0.15) is 28.2 Å². The van der Waals surface area contributed by atoms with Gasteiger partial charge in [0, 0.05) is 31.6 Å². The second-order valence-corrected chi connectivity index (χ2v) is 6.40. The third-order valence-electron chi connectivity index (χ3n) is 4.58. The van der Waals surface area contributed by atoms with Gasteiger partial charge in [0.05, 0.1) is 0 Å².